The first-order chi connectivity index (χ1) is 22.7. The number of carbonyl (C=O) groups excluding carboxylic acids is 1. The van der Waals surface area contributed by atoms with Gasteiger partial charge in [-0.25, -0.2) is 9.18 Å². The van der Waals surface area contributed by atoms with E-state index in [1.807, 2.05) is 49.6 Å². The lowest BCUT2D eigenvalue weighted by atomic mass is 9.98. The number of carbonyl (C=O) groups is 1. The highest BCUT2D eigenvalue weighted by Gasteiger charge is 2.28. The molecule has 11 heteroatoms. The first-order valence-corrected chi connectivity index (χ1v) is 17.7. The molecular weight excluding hydrogens is 634 g/mol. The Morgan fingerprint density at radius 2 is 1.79 bits per heavy atom. The number of hydrogen-bond donors (Lipinski definition) is 0. The third-order valence-electron chi connectivity index (χ3n) is 8.91. The molecule has 47 heavy (non-hydrogen) atoms. The van der Waals surface area contributed by atoms with Gasteiger partial charge in [-0.2, -0.15) is 10.2 Å². The smallest absolute Gasteiger partial charge is 0.354 e. The zero-order valence-electron chi connectivity index (χ0n) is 27.1. The van der Waals surface area contributed by atoms with Crippen LogP contribution in [0.3, 0.4) is 0 Å². The monoisotopic (exact) mass is 669 g/mol. The van der Waals surface area contributed by atoms with Gasteiger partial charge in [-0.3, -0.25) is 9.36 Å². The molecule has 0 saturated heterocycles. The van der Waals surface area contributed by atoms with Gasteiger partial charge in [0.25, 0.3) is 0 Å². The van der Waals surface area contributed by atoms with Crippen LogP contribution in [0.1, 0.15) is 45.2 Å². The Hall–Kier alpha value is -4.22. The maximum atomic E-state index is 16.1. The molecule has 242 valence electrons. The number of thioether (sulfide) groups is 2. The number of hydrogen-bond acceptors (Lipinski definition) is 7. The predicted octanol–water partition coefficient (Wildman–Crippen LogP) is 7.75. The lowest BCUT2D eigenvalue weighted by Crippen LogP contribution is -2.11. The lowest BCUT2D eigenvalue weighted by molar-refractivity contribution is 0.0589. The summed E-state index contributed by atoms with van der Waals surface area (Å²) >= 11 is 3.48. The second-order valence-electron chi connectivity index (χ2n) is 11.9. The molecule has 3 aromatic carbocycles. The number of methoxy groups -OCH3 is 1. The first-order valence-electron chi connectivity index (χ1n) is 15.5. The molecule has 0 aliphatic carbocycles. The van der Waals surface area contributed by atoms with Crippen LogP contribution >= 0.6 is 23.5 Å². The van der Waals surface area contributed by atoms with Gasteiger partial charge in [0, 0.05) is 70.9 Å². The normalized spacial score (nSPS) is 14.2. The lowest BCUT2D eigenvalue weighted by Gasteiger charge is -2.12. The number of ether oxygens (including phenoxy) is 2. The average molecular weight is 670 g/mol. The molecule has 0 saturated carbocycles. The van der Waals surface area contributed by atoms with E-state index in [-0.39, 0.29) is 5.82 Å². The third kappa shape index (κ3) is 5.69. The highest BCUT2D eigenvalue weighted by atomic mass is 32.2. The summed E-state index contributed by atoms with van der Waals surface area (Å²) in [6.45, 7) is 2.35. The molecule has 4 heterocycles. The number of halogens is 1. The molecule has 0 amide bonds. The summed E-state index contributed by atoms with van der Waals surface area (Å²) in [6, 6.07) is 18.0. The molecule has 1 aliphatic rings. The van der Waals surface area contributed by atoms with Crippen LogP contribution in [-0.4, -0.2) is 43.8 Å². The van der Waals surface area contributed by atoms with Gasteiger partial charge in [0.2, 0.25) is 0 Å². The molecule has 8 bridgehead atoms. The molecule has 1 aliphatic heterocycles. The van der Waals surface area contributed by atoms with Crippen LogP contribution in [0.2, 0.25) is 0 Å². The maximum Gasteiger partial charge on any atom is 0.354 e. The van der Waals surface area contributed by atoms with Crippen molar-refractivity contribution in [2.24, 2.45) is 21.1 Å². The van der Waals surface area contributed by atoms with Gasteiger partial charge in [-0.15, -0.1) is 23.5 Å². The van der Waals surface area contributed by atoms with Gasteiger partial charge in [0.15, 0.2) is 0 Å². The van der Waals surface area contributed by atoms with Crippen LogP contribution in [0.15, 0.2) is 59.5 Å². The van der Waals surface area contributed by atoms with Gasteiger partial charge in [-0.1, -0.05) is 24.3 Å². The molecule has 0 radical (unpaired) electrons. The largest absolute Gasteiger partial charge is 0.493 e. The Balaban J connectivity index is 1.37. The van der Waals surface area contributed by atoms with E-state index in [4.69, 9.17) is 19.7 Å². The third-order valence-corrected chi connectivity index (χ3v) is 10.9. The van der Waals surface area contributed by atoms with E-state index in [1.54, 1.807) is 34.2 Å². The van der Waals surface area contributed by atoms with Crippen molar-refractivity contribution in [3.8, 4) is 16.9 Å². The zero-order chi connectivity index (χ0) is 32.8. The van der Waals surface area contributed by atoms with Crippen LogP contribution in [0, 0.1) is 12.7 Å². The van der Waals surface area contributed by atoms with Crippen molar-refractivity contribution in [3.63, 3.8) is 0 Å². The molecule has 0 N–H and O–H groups in total. The Morgan fingerprint density at radius 3 is 2.62 bits per heavy atom. The number of benzene rings is 3. The molecule has 0 spiro atoms. The van der Waals surface area contributed by atoms with Gasteiger partial charge >= 0.3 is 5.97 Å². The van der Waals surface area contributed by atoms with Crippen LogP contribution < -0.4 is 4.74 Å². The number of rotatable bonds is 1. The summed E-state index contributed by atoms with van der Waals surface area (Å²) in [5, 5.41) is 12.5. The second-order valence-corrected chi connectivity index (χ2v) is 13.9. The van der Waals surface area contributed by atoms with Crippen molar-refractivity contribution in [2.75, 3.05) is 13.7 Å². The number of esters is 1. The summed E-state index contributed by atoms with van der Waals surface area (Å²) in [7, 11) is 7.07. The van der Waals surface area contributed by atoms with Crippen molar-refractivity contribution in [1.82, 2.24) is 24.1 Å². The summed E-state index contributed by atoms with van der Waals surface area (Å²) in [5.41, 5.74) is 6.87. The van der Waals surface area contributed by atoms with Crippen LogP contribution in [0.25, 0.3) is 32.8 Å². The Morgan fingerprint density at radius 1 is 0.957 bits per heavy atom. The summed E-state index contributed by atoms with van der Waals surface area (Å²) in [5.74, 6) is 2.10. The van der Waals surface area contributed by atoms with Gasteiger partial charge in [-0.05, 0) is 61.0 Å². The number of fused-ring (bicyclic) bond motifs is 8. The Bertz CT molecular complexity index is 2170. The summed E-state index contributed by atoms with van der Waals surface area (Å²) < 4.78 is 33.4. The van der Waals surface area contributed by atoms with Crippen molar-refractivity contribution < 1.29 is 18.7 Å². The zero-order valence-corrected chi connectivity index (χ0v) is 28.7. The number of nitrogens with zero attached hydrogens (tertiary/aromatic N) is 5. The quantitative estimate of drug-likeness (QED) is 0.166. The van der Waals surface area contributed by atoms with Crippen molar-refractivity contribution in [3.05, 3.63) is 94.4 Å². The van der Waals surface area contributed by atoms with Crippen molar-refractivity contribution in [2.45, 2.75) is 41.9 Å². The summed E-state index contributed by atoms with van der Waals surface area (Å²) in [6.07, 6.45) is 1.20. The molecule has 6 aromatic rings. The van der Waals surface area contributed by atoms with E-state index in [0.29, 0.717) is 47.7 Å². The van der Waals surface area contributed by atoms with E-state index in [9.17, 15) is 4.79 Å². The Kier molecular flexibility index (Phi) is 8.52. The van der Waals surface area contributed by atoms with E-state index in [0.717, 1.165) is 66.5 Å². The SMILES string of the molecule is COC(=O)c1c2c3ccc(F)c(c3n1C)-c1c(C)nn(C)c1CSCc1cc(n(C)n1)CSc1cc(c3ccccc3c1)OCCC2. The van der Waals surface area contributed by atoms with Crippen LogP contribution in [0.4, 0.5) is 4.39 Å². The predicted molar refractivity (Wildman–Crippen MR) is 187 cm³/mol. The summed E-state index contributed by atoms with van der Waals surface area (Å²) in [4.78, 5) is 14.4. The molecule has 3 aromatic heterocycles. The number of aryl methyl sites for hydroxylation is 5. The first kappa shape index (κ1) is 31.4. The number of aromatic nitrogens is 5. The van der Waals surface area contributed by atoms with Crippen LogP contribution in [0.5, 0.6) is 5.75 Å². The fourth-order valence-electron chi connectivity index (χ4n) is 6.71. The average Bonchev–Trinajstić information content (AvgIpc) is 3.66. The highest BCUT2D eigenvalue weighted by Crippen LogP contribution is 2.41. The molecule has 0 fully saturated rings. The minimum Gasteiger partial charge on any atom is -0.493 e. The van der Waals surface area contributed by atoms with Gasteiger partial charge in [0.05, 0.1) is 36.3 Å². The van der Waals surface area contributed by atoms with E-state index < -0.39 is 5.97 Å². The maximum absolute atomic E-state index is 16.1. The van der Waals surface area contributed by atoms with Crippen LogP contribution in [-0.2, 0) is 49.6 Å². The minimum absolute atomic E-state index is 0.358. The molecule has 7 rings (SSSR count). The molecular formula is C36H36FN5O3S2. The molecule has 0 unspecified atom stereocenters. The highest BCUT2D eigenvalue weighted by molar-refractivity contribution is 7.98. The molecule has 0 atom stereocenters. The minimum atomic E-state index is -0.454. The van der Waals surface area contributed by atoms with Crippen molar-refractivity contribution >= 4 is 51.2 Å². The standard InChI is InChI=1S/C36H36FN5O3S2/c1-21-32-30(42(4)38-21)20-46-18-23-16-24(41(3)39-23)19-47-25-15-22-9-6-7-10-26(22)31(17-25)45-14-8-11-27-28-12-13-29(37)33(32)34(28)40(2)35(27)36(43)44-5/h6-7,9-10,12-13,15-17H,8,11,14,18-20H2,1-5H3. The van der Waals surface area contributed by atoms with Crippen molar-refractivity contribution in [1.29, 1.82) is 0 Å². The van der Waals surface area contributed by atoms with Gasteiger partial charge < -0.3 is 14.0 Å². The fraction of sp³-hybridized carbons (Fsp3) is 0.306. The second kappa shape index (κ2) is 12.8. The fourth-order valence-corrected chi connectivity index (χ4v) is 8.68. The van der Waals surface area contributed by atoms with E-state index in [2.05, 4.69) is 30.3 Å². The topological polar surface area (TPSA) is 76.1 Å². The molecule has 8 nitrogen and oxygen atoms in total. The van der Waals surface area contributed by atoms with Gasteiger partial charge in [0.1, 0.15) is 17.3 Å². The van der Waals surface area contributed by atoms with E-state index in [1.165, 1.54) is 13.2 Å². The van der Waals surface area contributed by atoms with E-state index >= 15 is 4.39 Å². The Labute approximate surface area is 281 Å².